The van der Waals surface area contributed by atoms with Crippen molar-refractivity contribution < 1.29 is 22.4 Å². The van der Waals surface area contributed by atoms with Crippen LogP contribution < -0.4 is 0 Å². The number of benzene rings is 1. The number of aromatic nitrogens is 3. The van der Waals surface area contributed by atoms with Crippen LogP contribution in [0.3, 0.4) is 0 Å². The zero-order valence-electron chi connectivity index (χ0n) is 16.3. The Morgan fingerprint density at radius 1 is 1.20 bits per heavy atom. The van der Waals surface area contributed by atoms with E-state index in [9.17, 15) is 17.9 Å². The predicted octanol–water partition coefficient (Wildman–Crippen LogP) is 2.30. The Labute approximate surface area is 173 Å². The zero-order valence-corrected chi connectivity index (χ0v) is 17.1. The van der Waals surface area contributed by atoms with Crippen LogP contribution in [0.5, 0.6) is 0 Å². The van der Waals surface area contributed by atoms with E-state index < -0.39 is 9.84 Å². The molecule has 1 aliphatic rings. The van der Waals surface area contributed by atoms with Gasteiger partial charge in [-0.2, -0.15) is 0 Å². The number of halogens is 1. The fourth-order valence-corrected chi connectivity index (χ4v) is 3.96. The lowest BCUT2D eigenvalue weighted by molar-refractivity contribution is 0.0750. The molecule has 4 rings (SSSR count). The second kappa shape index (κ2) is 8.21. The fourth-order valence-electron chi connectivity index (χ4n) is 3.44. The van der Waals surface area contributed by atoms with Crippen molar-refractivity contribution >= 4 is 9.84 Å². The molecule has 2 aromatic heterocycles. The summed E-state index contributed by atoms with van der Waals surface area (Å²) < 4.78 is 42.9. The number of likely N-dealkylation sites (tertiary alicyclic amines) is 1. The van der Waals surface area contributed by atoms with Gasteiger partial charge in [0.2, 0.25) is 15.0 Å². The summed E-state index contributed by atoms with van der Waals surface area (Å²) in [5.74, 6) is 0.140. The van der Waals surface area contributed by atoms with Crippen LogP contribution in [0.4, 0.5) is 4.39 Å². The standard InChI is InChI=1S/C20H21FN4O4S/c1-30(27,28)20-22-9-6-16(23-20)18-17(12-25-10-7-15(26)8-11-25)29-24-19(18)13-2-4-14(21)5-3-13/h2-6,9,15,26H,7-8,10-12H2,1H3. The zero-order chi connectivity index (χ0) is 21.3. The summed E-state index contributed by atoms with van der Waals surface area (Å²) in [7, 11) is -3.61. The SMILES string of the molecule is CS(=O)(=O)c1nccc(-c2c(-c3ccc(F)cc3)noc2CN2CCC(O)CC2)n1. The molecule has 30 heavy (non-hydrogen) atoms. The summed E-state index contributed by atoms with van der Waals surface area (Å²) in [5, 5.41) is 13.6. The minimum Gasteiger partial charge on any atom is -0.393 e. The highest BCUT2D eigenvalue weighted by molar-refractivity contribution is 7.90. The molecule has 1 aromatic carbocycles. The summed E-state index contributed by atoms with van der Waals surface area (Å²) in [6.07, 6.45) is 3.45. The quantitative estimate of drug-likeness (QED) is 0.612. The van der Waals surface area contributed by atoms with Crippen LogP contribution in [0.1, 0.15) is 18.6 Å². The van der Waals surface area contributed by atoms with E-state index in [1.165, 1.54) is 18.3 Å². The van der Waals surface area contributed by atoms with Crippen molar-refractivity contribution in [1.29, 1.82) is 0 Å². The van der Waals surface area contributed by atoms with Gasteiger partial charge in [0.15, 0.2) is 5.76 Å². The molecule has 0 aliphatic carbocycles. The number of piperidine rings is 1. The molecule has 0 saturated carbocycles. The minimum atomic E-state index is -3.61. The summed E-state index contributed by atoms with van der Waals surface area (Å²) in [4.78, 5) is 10.2. The van der Waals surface area contributed by atoms with E-state index in [1.54, 1.807) is 18.2 Å². The summed E-state index contributed by atoms with van der Waals surface area (Å²) in [5.41, 5.74) is 1.97. The first-order chi connectivity index (χ1) is 14.3. The normalized spacial score (nSPS) is 16.1. The molecule has 1 fully saturated rings. The van der Waals surface area contributed by atoms with Crippen molar-refractivity contribution in [3.63, 3.8) is 0 Å². The van der Waals surface area contributed by atoms with E-state index in [1.807, 2.05) is 0 Å². The first-order valence-corrected chi connectivity index (χ1v) is 11.4. The van der Waals surface area contributed by atoms with Crippen molar-refractivity contribution in [2.75, 3.05) is 19.3 Å². The highest BCUT2D eigenvalue weighted by Gasteiger charge is 2.25. The van der Waals surface area contributed by atoms with E-state index in [0.29, 0.717) is 60.8 Å². The number of rotatable bonds is 5. The molecular weight excluding hydrogens is 411 g/mol. The van der Waals surface area contributed by atoms with E-state index in [0.717, 1.165) is 6.26 Å². The Morgan fingerprint density at radius 3 is 2.57 bits per heavy atom. The van der Waals surface area contributed by atoms with Gasteiger partial charge in [0.05, 0.1) is 23.9 Å². The second-order valence-electron chi connectivity index (χ2n) is 7.34. The molecular formula is C20H21FN4O4S. The first kappa shape index (κ1) is 20.6. The lowest BCUT2D eigenvalue weighted by Gasteiger charge is -2.28. The van der Waals surface area contributed by atoms with Gasteiger partial charge in [0, 0.05) is 31.1 Å². The average Bonchev–Trinajstić information content (AvgIpc) is 3.13. The van der Waals surface area contributed by atoms with Crippen molar-refractivity contribution in [3.8, 4) is 22.5 Å². The lowest BCUT2D eigenvalue weighted by Crippen LogP contribution is -2.35. The van der Waals surface area contributed by atoms with Crippen LogP contribution in [0.15, 0.2) is 46.2 Å². The molecule has 0 radical (unpaired) electrons. The first-order valence-electron chi connectivity index (χ1n) is 9.49. The highest BCUT2D eigenvalue weighted by atomic mass is 32.2. The minimum absolute atomic E-state index is 0.293. The van der Waals surface area contributed by atoms with Crippen molar-refractivity contribution in [2.24, 2.45) is 0 Å². The summed E-state index contributed by atoms with van der Waals surface area (Å²) in [6, 6.07) is 7.40. The molecule has 1 N–H and O–H groups in total. The molecule has 8 nitrogen and oxygen atoms in total. The Bertz CT molecular complexity index is 1140. The molecule has 0 bridgehead atoms. The molecule has 0 amide bonds. The predicted molar refractivity (Wildman–Crippen MR) is 107 cm³/mol. The van der Waals surface area contributed by atoms with Gasteiger partial charge < -0.3 is 9.63 Å². The van der Waals surface area contributed by atoms with Crippen LogP contribution >= 0.6 is 0 Å². The van der Waals surface area contributed by atoms with Crippen LogP contribution in [0.25, 0.3) is 22.5 Å². The van der Waals surface area contributed by atoms with Gasteiger partial charge in [-0.05, 0) is 43.2 Å². The maximum absolute atomic E-state index is 13.4. The van der Waals surface area contributed by atoms with Crippen LogP contribution in [0, 0.1) is 5.82 Å². The number of hydrogen-bond donors (Lipinski definition) is 1. The third-order valence-electron chi connectivity index (χ3n) is 5.03. The molecule has 158 valence electrons. The van der Waals surface area contributed by atoms with Gasteiger partial charge in [0.1, 0.15) is 11.5 Å². The number of aliphatic hydroxyl groups is 1. The number of aliphatic hydroxyl groups excluding tert-OH is 1. The third kappa shape index (κ3) is 4.40. The monoisotopic (exact) mass is 432 g/mol. The topological polar surface area (TPSA) is 109 Å². The van der Waals surface area contributed by atoms with Crippen LogP contribution in [-0.2, 0) is 16.4 Å². The number of nitrogens with zero attached hydrogens (tertiary/aromatic N) is 4. The maximum Gasteiger partial charge on any atom is 0.247 e. The van der Waals surface area contributed by atoms with Crippen molar-refractivity contribution in [3.05, 3.63) is 48.1 Å². The molecule has 1 saturated heterocycles. The van der Waals surface area contributed by atoms with Crippen LogP contribution in [-0.4, -0.2) is 59.0 Å². The smallest absolute Gasteiger partial charge is 0.247 e. The summed E-state index contributed by atoms with van der Waals surface area (Å²) in [6.45, 7) is 1.82. The Kier molecular flexibility index (Phi) is 5.63. The van der Waals surface area contributed by atoms with Crippen molar-refractivity contribution in [1.82, 2.24) is 20.0 Å². The van der Waals surface area contributed by atoms with Gasteiger partial charge in [0.25, 0.3) is 0 Å². The highest BCUT2D eigenvalue weighted by Crippen LogP contribution is 2.35. The molecule has 0 atom stereocenters. The van der Waals surface area contributed by atoms with Gasteiger partial charge in [-0.15, -0.1) is 0 Å². The van der Waals surface area contributed by atoms with E-state index in [2.05, 4.69) is 20.0 Å². The molecule has 1 aliphatic heterocycles. The van der Waals surface area contributed by atoms with Gasteiger partial charge >= 0.3 is 0 Å². The molecule has 10 heteroatoms. The number of hydrogen-bond acceptors (Lipinski definition) is 8. The van der Waals surface area contributed by atoms with Gasteiger partial charge in [-0.1, -0.05) is 5.16 Å². The molecule has 3 heterocycles. The average molecular weight is 432 g/mol. The fraction of sp³-hybridized carbons (Fsp3) is 0.350. The van der Waals surface area contributed by atoms with E-state index in [4.69, 9.17) is 4.52 Å². The number of sulfone groups is 1. The van der Waals surface area contributed by atoms with E-state index >= 15 is 0 Å². The van der Waals surface area contributed by atoms with Crippen molar-refractivity contribution in [2.45, 2.75) is 30.6 Å². The Balaban J connectivity index is 1.79. The second-order valence-corrected chi connectivity index (χ2v) is 9.25. The van der Waals surface area contributed by atoms with E-state index in [-0.39, 0.29) is 17.1 Å². The Hall–Kier alpha value is -2.69. The molecule has 3 aromatic rings. The summed E-state index contributed by atoms with van der Waals surface area (Å²) >= 11 is 0. The lowest BCUT2D eigenvalue weighted by atomic mass is 10.0. The Morgan fingerprint density at radius 2 is 1.90 bits per heavy atom. The van der Waals surface area contributed by atoms with Crippen LogP contribution in [0.2, 0.25) is 0 Å². The third-order valence-corrected chi connectivity index (χ3v) is 5.89. The molecule has 0 spiro atoms. The molecule has 0 unspecified atom stereocenters. The largest absolute Gasteiger partial charge is 0.393 e. The van der Waals surface area contributed by atoms with Gasteiger partial charge in [-0.25, -0.2) is 22.8 Å². The van der Waals surface area contributed by atoms with Gasteiger partial charge in [-0.3, -0.25) is 4.90 Å². The maximum atomic E-state index is 13.4.